The number of nitrogens with zero attached hydrogens (tertiary/aromatic N) is 2. The molecule has 5 rings (SSSR count). The van der Waals surface area contributed by atoms with Gasteiger partial charge in [-0.15, -0.1) is 0 Å². The first-order chi connectivity index (χ1) is 30.8. The van der Waals surface area contributed by atoms with Gasteiger partial charge in [0.05, 0.1) is 50.9 Å². The van der Waals surface area contributed by atoms with E-state index in [1.807, 2.05) is 12.4 Å². The number of unbranched alkanes of at least 4 members (excludes halogenated alkanes) is 2. The molecule has 0 aromatic heterocycles. The van der Waals surface area contributed by atoms with Crippen LogP contribution in [-0.2, 0) is 70.9 Å². The predicted octanol–water partition coefficient (Wildman–Crippen LogP) is 7.87. The molecule has 2 fully saturated rings. The Bertz CT molecular complexity index is 2010. The largest absolute Gasteiger partial charge is 0.507 e. The molecule has 378 valence electrons. The second kappa shape index (κ2) is 26.2. The van der Waals surface area contributed by atoms with Gasteiger partial charge < -0.3 is 47.1 Å². The minimum atomic E-state index is -1.82. The molecule has 2 heterocycles. The van der Waals surface area contributed by atoms with Crippen LogP contribution in [0.3, 0.4) is 0 Å². The summed E-state index contributed by atoms with van der Waals surface area (Å²) in [4.78, 5) is 31.9. The number of nitrogens with one attached hydrogen (secondary N) is 2. The number of phenols is 2. The van der Waals surface area contributed by atoms with E-state index >= 15 is 0 Å². The summed E-state index contributed by atoms with van der Waals surface area (Å²) in [6.07, 6.45) is 10.2. The van der Waals surface area contributed by atoms with Crippen LogP contribution in [0.4, 0.5) is 11.4 Å². The van der Waals surface area contributed by atoms with Crippen LogP contribution in [0.5, 0.6) is 11.5 Å². The molecule has 68 heavy (non-hydrogen) atoms. The van der Waals surface area contributed by atoms with Crippen molar-refractivity contribution in [1.29, 1.82) is 0 Å². The third-order valence-corrected chi connectivity index (χ3v) is 12.6. The van der Waals surface area contributed by atoms with Crippen LogP contribution < -0.4 is 9.80 Å². The number of quaternary nitrogens is 2. The fourth-order valence-corrected chi connectivity index (χ4v) is 8.33. The Kier molecular flexibility index (Phi) is 23.1. The van der Waals surface area contributed by atoms with E-state index in [1.54, 1.807) is 9.80 Å². The van der Waals surface area contributed by atoms with Gasteiger partial charge in [-0.25, -0.2) is 9.59 Å². The van der Waals surface area contributed by atoms with Gasteiger partial charge in [0.1, 0.15) is 37.7 Å². The normalized spacial score (nSPS) is 15.4. The van der Waals surface area contributed by atoms with Crippen molar-refractivity contribution in [3.05, 3.63) is 88.3 Å². The molecule has 3 aromatic rings. The number of carboxylic acid groups (broad SMARTS) is 2. The first-order valence-electron chi connectivity index (χ1n) is 24.0. The monoisotopic (exact) mass is 982 g/mol. The second-order valence-corrected chi connectivity index (χ2v) is 22.3. The molecule has 0 saturated carbocycles. The van der Waals surface area contributed by atoms with Crippen LogP contribution in [-0.4, -0.2) is 110 Å². The number of rotatable bonds is 14. The fourth-order valence-electron chi connectivity index (χ4n) is 8.33. The molecule has 0 unspecified atom stereocenters. The molecule has 2 saturated heterocycles. The molecule has 12 nitrogen and oxygen atoms in total. The molecule has 0 amide bonds. The summed E-state index contributed by atoms with van der Waals surface area (Å²) in [6.45, 7) is 36.3. The Morgan fingerprint density at radius 1 is 0.544 bits per heavy atom. The van der Waals surface area contributed by atoms with Crippen LogP contribution in [0, 0.1) is 7.43 Å². The Morgan fingerprint density at radius 3 is 1.15 bits per heavy atom. The van der Waals surface area contributed by atoms with Crippen LogP contribution in [0.2, 0.25) is 0 Å². The average Bonchev–Trinajstić information content (AvgIpc) is 3.23. The van der Waals surface area contributed by atoms with Gasteiger partial charge in [-0.1, -0.05) is 95.2 Å². The molecule has 2 aliphatic heterocycles. The van der Waals surface area contributed by atoms with Gasteiger partial charge in [-0.05, 0) is 107 Å². The molecule has 2 aliphatic rings. The van der Waals surface area contributed by atoms with Gasteiger partial charge >= 0.3 is 11.9 Å². The van der Waals surface area contributed by atoms with Crippen molar-refractivity contribution in [2.75, 3.05) is 65.7 Å². The number of benzene rings is 3. The summed E-state index contributed by atoms with van der Waals surface area (Å²) < 4.78 is 11.2. The van der Waals surface area contributed by atoms with E-state index in [0.717, 1.165) is 125 Å². The number of aryl methyl sites for hydroxylation is 2. The van der Waals surface area contributed by atoms with Gasteiger partial charge in [0.25, 0.3) is 0 Å². The zero-order valence-corrected chi connectivity index (χ0v) is 44.9. The van der Waals surface area contributed by atoms with Crippen molar-refractivity contribution < 1.29 is 66.6 Å². The molecular weight excluding hydrogens is 897 g/mol. The van der Waals surface area contributed by atoms with Crippen molar-refractivity contribution in [3.63, 3.8) is 0 Å². The number of aliphatic carboxylic acids is 2. The molecular formula is C55H85CrN4O8+. The number of carboxylic acids is 2. The summed E-state index contributed by atoms with van der Waals surface area (Å²) in [5.41, 5.74) is 9.02. The minimum absolute atomic E-state index is 0. The maximum absolute atomic E-state index is 11.7. The van der Waals surface area contributed by atoms with Crippen LogP contribution in [0.15, 0.2) is 46.4 Å². The van der Waals surface area contributed by atoms with E-state index in [1.165, 1.54) is 24.2 Å². The van der Waals surface area contributed by atoms with Gasteiger partial charge in [-0.2, -0.15) is 0 Å². The maximum Gasteiger partial charge on any atom is 0.414 e. The van der Waals surface area contributed by atoms with Crippen LogP contribution >= 0.6 is 0 Å². The Hall–Kier alpha value is -4.09. The number of phenolic OH excluding ortho intramolecular Hbond substituents is 2. The van der Waals surface area contributed by atoms with E-state index in [9.17, 15) is 10.2 Å². The molecule has 6 N–H and O–H groups in total. The molecule has 0 aliphatic carbocycles. The number of aromatic hydroxyl groups is 2. The standard InChI is InChI=1S/C52H78N4O4.C2H2O4.CH3.Cr/c1-49(2,3)41-29-39(47(57)43(33-41)51(7,8)9)35-53-45-31-37(17-13-15-19-55-21-25-59-26-22-55)38(18-14-16-20-56-23-27-60-28-24-56)32-46(45)54-36-40-30-42(50(4,5)6)34-44(48(40)58)52(10,11)12;3-1(4)2(5)6;;/h29-36,57-58H,13-28H2,1-12H3;(H,3,4)(H,5,6);1H3;/q;;-1;/p+2. The van der Waals surface area contributed by atoms with Gasteiger partial charge in [0.15, 0.2) is 0 Å². The van der Waals surface area contributed by atoms with E-state index < -0.39 is 11.9 Å². The zero-order chi connectivity index (χ0) is 49.0. The quantitative estimate of drug-likeness (QED) is 0.0411. The molecule has 0 spiro atoms. The van der Waals surface area contributed by atoms with Crippen molar-refractivity contribution >= 4 is 35.7 Å². The van der Waals surface area contributed by atoms with E-state index in [4.69, 9.17) is 39.3 Å². The zero-order valence-electron chi connectivity index (χ0n) is 43.7. The summed E-state index contributed by atoms with van der Waals surface area (Å²) in [7, 11) is 0. The van der Waals surface area contributed by atoms with E-state index in [0.29, 0.717) is 11.1 Å². The maximum atomic E-state index is 11.7. The van der Waals surface area contributed by atoms with Crippen molar-refractivity contribution in [2.24, 2.45) is 9.98 Å². The van der Waals surface area contributed by atoms with Crippen LogP contribution in [0.25, 0.3) is 0 Å². The topological polar surface area (TPSA) is 167 Å². The van der Waals surface area contributed by atoms with Crippen molar-refractivity contribution in [2.45, 2.75) is 143 Å². The molecule has 13 heteroatoms. The molecule has 3 aromatic carbocycles. The number of morpholine rings is 2. The summed E-state index contributed by atoms with van der Waals surface area (Å²) in [5, 5.41) is 38.2. The first-order valence-corrected chi connectivity index (χ1v) is 24.0. The van der Waals surface area contributed by atoms with Gasteiger partial charge in [-0.3, -0.25) is 9.98 Å². The first kappa shape index (κ1) is 60.0. The minimum Gasteiger partial charge on any atom is -0.507 e. The third-order valence-electron chi connectivity index (χ3n) is 12.6. The SMILES string of the molecule is CC(C)(C)c1cc(C=Nc2cc(CCCC[NH+]3CCOCC3)c(CCCC[NH+]3CCOCC3)cc2N=Cc2cc(C(C)(C)C)cc(C(C)(C)C)c2O)c(O)c(C(C)(C)C)c1.O=C(O)C(=O)O.[CH3-].[Cr]. The Morgan fingerprint density at radius 2 is 0.868 bits per heavy atom. The van der Waals surface area contributed by atoms with Crippen molar-refractivity contribution in [3.8, 4) is 11.5 Å². The Labute approximate surface area is 419 Å². The average molecular weight is 982 g/mol. The van der Waals surface area contributed by atoms with Crippen molar-refractivity contribution in [1.82, 2.24) is 0 Å². The smallest absolute Gasteiger partial charge is 0.414 e. The molecule has 0 radical (unpaired) electrons. The number of hydrogen-bond donors (Lipinski definition) is 6. The predicted molar refractivity (Wildman–Crippen MR) is 272 cm³/mol. The Balaban J connectivity index is 0.00000186. The summed E-state index contributed by atoms with van der Waals surface area (Å²) in [5.74, 6) is -3.11. The fraction of sp³-hybridized carbons (Fsp3) is 0.582. The molecule has 0 atom stereocenters. The number of aliphatic imine (C=N–C) groups is 2. The van der Waals surface area contributed by atoms with E-state index in [-0.39, 0.29) is 57.9 Å². The third kappa shape index (κ3) is 18.3. The second-order valence-electron chi connectivity index (χ2n) is 22.3. The summed E-state index contributed by atoms with van der Waals surface area (Å²) in [6, 6.07) is 13.0. The van der Waals surface area contributed by atoms with E-state index in [2.05, 4.69) is 119 Å². The van der Waals surface area contributed by atoms with Crippen LogP contribution in [0.1, 0.15) is 153 Å². The van der Waals surface area contributed by atoms with Gasteiger partial charge in [0, 0.05) is 52.0 Å². The van der Waals surface area contributed by atoms with Gasteiger partial charge in [0.2, 0.25) is 0 Å². The number of carbonyl (C=O) groups is 2. The molecule has 0 bridgehead atoms. The number of hydrogen-bond acceptors (Lipinski definition) is 8. The number of ether oxygens (including phenoxy) is 2. The summed E-state index contributed by atoms with van der Waals surface area (Å²) >= 11 is 0.